The second-order valence-corrected chi connectivity index (χ2v) is 4.85. The number of benzene rings is 1. The summed E-state index contributed by atoms with van der Waals surface area (Å²) in [5.41, 5.74) is 4.59. The number of alkyl halides is 6. The summed E-state index contributed by atoms with van der Waals surface area (Å²) >= 11 is 2.99. The Morgan fingerprint density at radius 2 is 1.65 bits per heavy atom. The van der Waals surface area contributed by atoms with Crippen molar-refractivity contribution in [2.24, 2.45) is 5.73 Å². The average Bonchev–Trinajstić information content (AvgIpc) is 2.24. The molecular formula is C11H11BrClF6N. The molecule has 0 unspecified atom stereocenters. The fourth-order valence-corrected chi connectivity index (χ4v) is 2.02. The Morgan fingerprint density at radius 3 is 2.10 bits per heavy atom. The zero-order valence-electron chi connectivity index (χ0n) is 9.85. The van der Waals surface area contributed by atoms with Crippen molar-refractivity contribution in [3.63, 3.8) is 0 Å². The molecule has 20 heavy (non-hydrogen) atoms. The van der Waals surface area contributed by atoms with E-state index in [0.29, 0.717) is 0 Å². The van der Waals surface area contributed by atoms with Crippen molar-refractivity contribution in [2.75, 3.05) is 0 Å². The van der Waals surface area contributed by atoms with Crippen LogP contribution in [0.4, 0.5) is 26.3 Å². The van der Waals surface area contributed by atoms with Gasteiger partial charge in [-0.1, -0.05) is 15.9 Å². The van der Waals surface area contributed by atoms with Crippen LogP contribution in [0.25, 0.3) is 0 Å². The minimum Gasteiger partial charge on any atom is -0.324 e. The molecule has 1 nitrogen and oxygen atoms in total. The predicted molar refractivity (Wildman–Crippen MR) is 68.6 cm³/mol. The van der Waals surface area contributed by atoms with Crippen molar-refractivity contribution in [3.8, 4) is 0 Å². The van der Waals surface area contributed by atoms with Gasteiger partial charge in [-0.05, 0) is 30.2 Å². The normalized spacial score (nSPS) is 13.8. The molecule has 1 rings (SSSR count). The van der Waals surface area contributed by atoms with E-state index in [1.54, 1.807) is 0 Å². The second kappa shape index (κ2) is 7.00. The molecule has 0 bridgehead atoms. The molecule has 0 aromatic heterocycles. The highest BCUT2D eigenvalue weighted by Gasteiger charge is 2.32. The molecular weight excluding hydrogens is 375 g/mol. The van der Waals surface area contributed by atoms with Gasteiger partial charge in [0.05, 0.1) is 5.56 Å². The zero-order valence-corrected chi connectivity index (χ0v) is 12.3. The Kier molecular flexibility index (Phi) is 6.83. The van der Waals surface area contributed by atoms with E-state index in [9.17, 15) is 26.3 Å². The largest absolute Gasteiger partial charge is 0.416 e. The zero-order chi connectivity index (χ0) is 14.8. The lowest BCUT2D eigenvalue weighted by atomic mass is 10.0. The maximum absolute atomic E-state index is 12.5. The Labute approximate surface area is 126 Å². The third-order valence-electron chi connectivity index (χ3n) is 2.46. The SMILES string of the molecule is Cl.N[C@H](CCC(F)(F)F)c1cc(C(F)(F)F)ccc1Br. The van der Waals surface area contributed by atoms with Crippen LogP contribution in [0.3, 0.4) is 0 Å². The molecule has 1 aromatic carbocycles. The Bertz CT molecular complexity index is 446. The maximum Gasteiger partial charge on any atom is 0.416 e. The molecule has 0 spiro atoms. The molecule has 0 saturated carbocycles. The van der Waals surface area contributed by atoms with Gasteiger partial charge >= 0.3 is 12.4 Å². The van der Waals surface area contributed by atoms with Crippen LogP contribution in [-0.2, 0) is 6.18 Å². The number of rotatable bonds is 3. The van der Waals surface area contributed by atoms with E-state index < -0.39 is 36.8 Å². The summed E-state index contributed by atoms with van der Waals surface area (Å²) in [6.45, 7) is 0. The number of hydrogen-bond acceptors (Lipinski definition) is 1. The lowest BCUT2D eigenvalue weighted by Crippen LogP contribution is -2.17. The Hall–Kier alpha value is -0.470. The Morgan fingerprint density at radius 1 is 1.10 bits per heavy atom. The Balaban J connectivity index is 0.00000361. The van der Waals surface area contributed by atoms with Gasteiger partial charge in [-0.15, -0.1) is 12.4 Å². The van der Waals surface area contributed by atoms with Crippen LogP contribution in [0.2, 0.25) is 0 Å². The summed E-state index contributed by atoms with van der Waals surface area (Å²) in [7, 11) is 0. The third kappa shape index (κ3) is 5.88. The summed E-state index contributed by atoms with van der Waals surface area (Å²) in [4.78, 5) is 0. The number of nitrogens with two attached hydrogens (primary N) is 1. The fraction of sp³-hybridized carbons (Fsp3) is 0.455. The molecule has 0 saturated heterocycles. The van der Waals surface area contributed by atoms with Crippen LogP contribution < -0.4 is 5.73 Å². The monoisotopic (exact) mass is 385 g/mol. The molecule has 1 atom stereocenters. The van der Waals surface area contributed by atoms with E-state index >= 15 is 0 Å². The summed E-state index contributed by atoms with van der Waals surface area (Å²) < 4.78 is 73.9. The standard InChI is InChI=1S/C11H10BrF6N.ClH/c12-8-2-1-6(11(16,17)18)5-7(8)9(19)3-4-10(13,14)15;/h1-2,5,9H,3-4,19H2;1H/t9-;/m1./s1. The molecule has 116 valence electrons. The minimum atomic E-state index is -4.56. The van der Waals surface area contributed by atoms with Crippen LogP contribution in [-0.4, -0.2) is 6.18 Å². The van der Waals surface area contributed by atoms with Gasteiger partial charge in [-0.3, -0.25) is 0 Å². The molecule has 0 aliphatic heterocycles. The van der Waals surface area contributed by atoms with Crippen molar-refractivity contribution in [2.45, 2.75) is 31.2 Å². The first-order valence-corrected chi connectivity index (χ1v) is 5.99. The van der Waals surface area contributed by atoms with Crippen molar-refractivity contribution < 1.29 is 26.3 Å². The summed E-state index contributed by atoms with van der Waals surface area (Å²) in [5, 5.41) is 0. The first-order chi connectivity index (χ1) is 8.50. The average molecular weight is 387 g/mol. The van der Waals surface area contributed by atoms with Crippen molar-refractivity contribution >= 4 is 28.3 Å². The second-order valence-electron chi connectivity index (χ2n) is 3.99. The van der Waals surface area contributed by atoms with E-state index in [0.717, 1.165) is 18.2 Å². The third-order valence-corrected chi connectivity index (χ3v) is 3.18. The molecule has 0 aliphatic carbocycles. The highest BCUT2D eigenvalue weighted by atomic mass is 79.9. The van der Waals surface area contributed by atoms with Crippen LogP contribution in [0.1, 0.15) is 30.0 Å². The fourth-order valence-electron chi connectivity index (χ4n) is 1.48. The molecule has 0 fully saturated rings. The first kappa shape index (κ1) is 19.5. The topological polar surface area (TPSA) is 26.0 Å². The van der Waals surface area contributed by atoms with Gasteiger partial charge in [0, 0.05) is 16.9 Å². The van der Waals surface area contributed by atoms with E-state index in [-0.39, 0.29) is 22.4 Å². The van der Waals surface area contributed by atoms with Gasteiger partial charge in [-0.2, -0.15) is 26.3 Å². The van der Waals surface area contributed by atoms with Gasteiger partial charge in [0.15, 0.2) is 0 Å². The molecule has 9 heteroatoms. The van der Waals surface area contributed by atoms with Gasteiger partial charge in [0.1, 0.15) is 0 Å². The van der Waals surface area contributed by atoms with Crippen molar-refractivity contribution in [1.29, 1.82) is 0 Å². The summed E-state index contributed by atoms with van der Waals surface area (Å²) in [5.74, 6) is 0. The molecule has 1 aromatic rings. The van der Waals surface area contributed by atoms with Gasteiger partial charge in [0.25, 0.3) is 0 Å². The van der Waals surface area contributed by atoms with Crippen LogP contribution in [0.15, 0.2) is 22.7 Å². The summed E-state index contributed by atoms with van der Waals surface area (Å²) in [6.07, 6.45) is -10.6. The number of halogens is 8. The molecule has 0 amide bonds. The van der Waals surface area contributed by atoms with Gasteiger partial charge in [0.2, 0.25) is 0 Å². The highest BCUT2D eigenvalue weighted by Crippen LogP contribution is 2.35. The molecule has 2 N–H and O–H groups in total. The van der Waals surface area contributed by atoms with E-state index in [1.807, 2.05) is 0 Å². The van der Waals surface area contributed by atoms with Crippen molar-refractivity contribution in [3.05, 3.63) is 33.8 Å². The maximum atomic E-state index is 12.5. The van der Waals surface area contributed by atoms with E-state index in [2.05, 4.69) is 15.9 Å². The molecule has 0 radical (unpaired) electrons. The number of hydrogen-bond donors (Lipinski definition) is 1. The molecule has 0 heterocycles. The van der Waals surface area contributed by atoms with Crippen LogP contribution >= 0.6 is 28.3 Å². The van der Waals surface area contributed by atoms with Crippen LogP contribution in [0.5, 0.6) is 0 Å². The smallest absolute Gasteiger partial charge is 0.324 e. The minimum absolute atomic E-state index is 0. The lowest BCUT2D eigenvalue weighted by Gasteiger charge is -2.17. The van der Waals surface area contributed by atoms with Crippen molar-refractivity contribution in [1.82, 2.24) is 0 Å². The predicted octanol–water partition coefficient (Wildman–Crippen LogP) is 5.23. The van der Waals surface area contributed by atoms with E-state index in [1.165, 1.54) is 0 Å². The van der Waals surface area contributed by atoms with Crippen LogP contribution in [0, 0.1) is 0 Å². The summed E-state index contributed by atoms with van der Waals surface area (Å²) in [6, 6.07) is 1.62. The quantitative estimate of drug-likeness (QED) is 0.707. The highest BCUT2D eigenvalue weighted by molar-refractivity contribution is 9.10. The van der Waals surface area contributed by atoms with Gasteiger partial charge in [-0.25, -0.2) is 0 Å². The van der Waals surface area contributed by atoms with Gasteiger partial charge < -0.3 is 5.73 Å². The first-order valence-electron chi connectivity index (χ1n) is 5.19. The molecule has 0 aliphatic rings. The van der Waals surface area contributed by atoms with E-state index in [4.69, 9.17) is 5.73 Å². The lowest BCUT2D eigenvalue weighted by molar-refractivity contribution is -0.138.